The van der Waals surface area contributed by atoms with Gasteiger partial charge in [-0.1, -0.05) is 30.3 Å². The van der Waals surface area contributed by atoms with Gasteiger partial charge in [-0.15, -0.1) is 5.10 Å². The zero-order chi connectivity index (χ0) is 25.0. The monoisotopic (exact) mass is 490 g/mol. The lowest BCUT2D eigenvalue weighted by atomic mass is 9.85. The Morgan fingerprint density at radius 2 is 1.86 bits per heavy atom. The van der Waals surface area contributed by atoms with E-state index in [1.165, 1.54) is 17.0 Å². The average molecular weight is 490 g/mol. The lowest BCUT2D eigenvalue weighted by Crippen LogP contribution is -2.36. The number of aromatic amines is 1. The van der Waals surface area contributed by atoms with Crippen LogP contribution in [0.4, 0.5) is 23.7 Å². The van der Waals surface area contributed by atoms with E-state index in [0.717, 1.165) is 11.6 Å². The summed E-state index contributed by atoms with van der Waals surface area (Å²) >= 11 is 0. The Morgan fingerprint density at radius 3 is 2.46 bits per heavy atom. The quantitative estimate of drug-likeness (QED) is 0.420. The van der Waals surface area contributed by atoms with Crippen LogP contribution in [0.3, 0.4) is 0 Å². The summed E-state index contributed by atoms with van der Waals surface area (Å²) in [6.07, 6.45) is -2.99. The van der Waals surface area contributed by atoms with E-state index in [-0.39, 0.29) is 29.1 Å². The van der Waals surface area contributed by atoms with Crippen molar-refractivity contribution in [2.24, 2.45) is 5.92 Å². The summed E-state index contributed by atoms with van der Waals surface area (Å²) in [6, 6.07) is 12.5. The molecule has 0 unspecified atom stereocenters. The van der Waals surface area contributed by atoms with Gasteiger partial charge in [0.1, 0.15) is 0 Å². The van der Waals surface area contributed by atoms with Gasteiger partial charge in [-0.25, -0.2) is 14.7 Å². The van der Waals surface area contributed by atoms with E-state index in [1.807, 2.05) is 30.3 Å². The summed E-state index contributed by atoms with van der Waals surface area (Å²) in [7, 11) is 0. The Labute approximate surface area is 198 Å². The average Bonchev–Trinajstić information content (AvgIpc) is 3.26. The van der Waals surface area contributed by atoms with Crippen LogP contribution in [0.2, 0.25) is 0 Å². The van der Waals surface area contributed by atoms with Crippen LogP contribution in [-0.4, -0.2) is 38.9 Å². The van der Waals surface area contributed by atoms with E-state index in [2.05, 4.69) is 15.5 Å². The van der Waals surface area contributed by atoms with Crippen LogP contribution in [-0.2, 0) is 12.7 Å². The molecule has 3 N–H and O–H groups in total. The number of rotatable bonds is 7. The highest BCUT2D eigenvalue weighted by molar-refractivity contribution is 5.66. The summed E-state index contributed by atoms with van der Waals surface area (Å²) in [5.41, 5.74) is 0.213. The minimum atomic E-state index is -4.57. The number of hydrogen-bond acceptors (Lipinski definition) is 5. The van der Waals surface area contributed by atoms with E-state index in [1.54, 1.807) is 0 Å². The maximum absolute atomic E-state index is 13.6. The molecule has 0 bridgehead atoms. The first-order valence-corrected chi connectivity index (χ1v) is 11.2. The number of aromatic nitrogens is 2. The maximum Gasteiger partial charge on any atom is 0.434 e. The van der Waals surface area contributed by atoms with Gasteiger partial charge >= 0.3 is 18.0 Å². The summed E-state index contributed by atoms with van der Waals surface area (Å²) in [5.74, 6) is -0.766. The van der Waals surface area contributed by atoms with Crippen molar-refractivity contribution in [1.29, 1.82) is 0 Å². The first kappa shape index (κ1) is 24.4. The van der Waals surface area contributed by atoms with Crippen LogP contribution < -0.4 is 11.1 Å². The first-order valence-electron chi connectivity index (χ1n) is 11.2. The number of halogens is 3. The topological polar surface area (TPSA) is 111 Å². The highest BCUT2D eigenvalue weighted by Gasteiger charge is 2.35. The number of H-pyrrole nitrogens is 1. The predicted octanol–water partition coefficient (Wildman–Crippen LogP) is 5.20. The fraction of sp³-hybridized carbons (Fsp3) is 0.375. The molecule has 1 saturated carbocycles. The molecule has 1 aromatic heterocycles. The number of hydrogen-bond donors (Lipinski definition) is 3. The van der Waals surface area contributed by atoms with Gasteiger partial charge < -0.3 is 19.7 Å². The van der Waals surface area contributed by atoms with Crippen molar-refractivity contribution < 1.29 is 27.5 Å². The number of benzene rings is 2. The molecule has 0 radical (unpaired) electrons. The molecule has 2 aromatic carbocycles. The third-order valence-corrected chi connectivity index (χ3v) is 6.18. The second-order valence-corrected chi connectivity index (χ2v) is 8.69. The van der Waals surface area contributed by atoms with Crippen molar-refractivity contribution in [3.05, 3.63) is 70.2 Å². The van der Waals surface area contributed by atoms with E-state index in [9.17, 15) is 27.9 Å². The molecule has 0 atom stereocenters. The minimum Gasteiger partial charge on any atom is -0.465 e. The number of nitrogens with zero attached hydrogens (tertiary/aromatic N) is 2. The standard InChI is InChI=1S/C24H25F3N4O4/c25-24(26,27)19-11-8-17(21-29-30-22(32)35-21)12-20(19)28-18-9-6-16(7-10-18)14-31(23(33)34)13-15-4-2-1-3-5-15/h1-5,8,11-12,16,18,28H,6-7,9-10,13-14H2,(H,30,32)(H,33,34). The van der Waals surface area contributed by atoms with Crippen molar-refractivity contribution in [2.75, 3.05) is 11.9 Å². The molecule has 1 aliphatic rings. The van der Waals surface area contributed by atoms with Gasteiger partial charge in [0.15, 0.2) is 0 Å². The molecular weight excluding hydrogens is 465 g/mol. The van der Waals surface area contributed by atoms with Crippen molar-refractivity contribution in [2.45, 2.75) is 44.4 Å². The molecule has 0 saturated heterocycles. The van der Waals surface area contributed by atoms with E-state index >= 15 is 0 Å². The second-order valence-electron chi connectivity index (χ2n) is 8.69. The van der Waals surface area contributed by atoms with Crippen LogP contribution in [0.15, 0.2) is 57.7 Å². The van der Waals surface area contributed by atoms with Gasteiger partial charge in [-0.3, -0.25) is 0 Å². The summed E-state index contributed by atoms with van der Waals surface area (Å²) in [4.78, 5) is 24.3. The molecule has 1 aliphatic carbocycles. The molecule has 8 nitrogen and oxygen atoms in total. The van der Waals surface area contributed by atoms with E-state index < -0.39 is 23.6 Å². The molecule has 3 aromatic rings. The summed E-state index contributed by atoms with van der Waals surface area (Å²) in [5, 5.41) is 18.4. The van der Waals surface area contributed by atoms with Gasteiger partial charge in [-0.2, -0.15) is 13.2 Å². The molecule has 4 rings (SSSR count). The zero-order valence-corrected chi connectivity index (χ0v) is 18.7. The Morgan fingerprint density at radius 1 is 1.14 bits per heavy atom. The number of carbonyl (C=O) groups is 1. The molecule has 186 valence electrons. The van der Waals surface area contributed by atoms with Crippen molar-refractivity contribution in [1.82, 2.24) is 15.1 Å². The number of amides is 1. The zero-order valence-electron chi connectivity index (χ0n) is 18.7. The van der Waals surface area contributed by atoms with Crippen molar-refractivity contribution in [3.63, 3.8) is 0 Å². The van der Waals surface area contributed by atoms with Crippen molar-refractivity contribution in [3.8, 4) is 11.5 Å². The fourth-order valence-electron chi connectivity index (χ4n) is 4.43. The van der Waals surface area contributed by atoms with Crippen LogP contribution in [0.5, 0.6) is 0 Å². The lowest BCUT2D eigenvalue weighted by molar-refractivity contribution is -0.137. The van der Waals surface area contributed by atoms with Crippen LogP contribution in [0, 0.1) is 5.92 Å². The smallest absolute Gasteiger partial charge is 0.434 e. The lowest BCUT2D eigenvalue weighted by Gasteiger charge is -2.33. The molecule has 1 heterocycles. The fourth-order valence-corrected chi connectivity index (χ4v) is 4.43. The Bertz CT molecular complexity index is 1200. The van der Waals surface area contributed by atoms with Crippen LogP contribution in [0.1, 0.15) is 36.8 Å². The minimum absolute atomic E-state index is 0.0948. The van der Waals surface area contributed by atoms with Crippen LogP contribution >= 0.6 is 0 Å². The highest BCUT2D eigenvalue weighted by atomic mass is 19.4. The Kier molecular flexibility index (Phi) is 7.13. The normalized spacial score (nSPS) is 18.3. The molecule has 35 heavy (non-hydrogen) atoms. The van der Waals surface area contributed by atoms with Gasteiger partial charge in [0.05, 0.1) is 5.56 Å². The van der Waals surface area contributed by atoms with E-state index in [0.29, 0.717) is 38.8 Å². The SMILES string of the molecule is O=C(O)N(Cc1ccccc1)CC1CCC(Nc2cc(-c3n[nH]c(=O)o3)ccc2C(F)(F)F)CC1. The molecule has 0 spiro atoms. The maximum atomic E-state index is 13.6. The predicted molar refractivity (Wildman–Crippen MR) is 122 cm³/mol. The molecule has 0 aliphatic heterocycles. The third-order valence-electron chi connectivity index (χ3n) is 6.18. The third kappa shape index (κ3) is 6.23. The molecule has 1 amide bonds. The van der Waals surface area contributed by atoms with Gasteiger partial charge in [-0.05, 0) is 55.4 Å². The number of nitrogens with one attached hydrogen (secondary N) is 2. The van der Waals surface area contributed by atoms with Gasteiger partial charge in [0, 0.05) is 30.4 Å². The van der Waals surface area contributed by atoms with Crippen LogP contribution in [0.25, 0.3) is 11.5 Å². The Hall–Kier alpha value is -3.76. The number of carboxylic acid groups (broad SMARTS) is 1. The van der Waals surface area contributed by atoms with Crippen molar-refractivity contribution >= 4 is 11.8 Å². The second kappa shape index (κ2) is 10.2. The summed E-state index contributed by atoms with van der Waals surface area (Å²) in [6.45, 7) is 0.665. The molecule has 11 heteroatoms. The van der Waals surface area contributed by atoms with E-state index in [4.69, 9.17) is 4.42 Å². The molecular formula is C24H25F3N4O4. The highest BCUT2D eigenvalue weighted by Crippen LogP contribution is 2.38. The number of anilines is 1. The van der Waals surface area contributed by atoms with Gasteiger partial charge in [0.2, 0.25) is 5.89 Å². The summed E-state index contributed by atoms with van der Waals surface area (Å²) < 4.78 is 45.7. The first-order chi connectivity index (χ1) is 16.7. The molecule has 1 fully saturated rings. The Balaban J connectivity index is 1.41. The van der Waals surface area contributed by atoms with Gasteiger partial charge in [0.25, 0.3) is 0 Å². The number of alkyl halides is 3. The largest absolute Gasteiger partial charge is 0.465 e.